The van der Waals surface area contributed by atoms with E-state index in [1.807, 2.05) is 6.92 Å². The zero-order valence-corrected chi connectivity index (χ0v) is 5.76. The van der Waals surface area contributed by atoms with Crippen LogP contribution in [0.15, 0.2) is 24.6 Å². The first-order valence-corrected chi connectivity index (χ1v) is 3.01. The molecule has 0 aliphatic carbocycles. The van der Waals surface area contributed by atoms with Gasteiger partial charge in [-0.2, -0.15) is 0 Å². The lowest BCUT2D eigenvalue weighted by molar-refractivity contribution is 0.226. The molecule has 0 saturated heterocycles. The van der Waals surface area contributed by atoms with Crippen molar-refractivity contribution < 1.29 is 4.74 Å². The molecule has 0 spiro atoms. The second-order valence-corrected chi connectivity index (χ2v) is 1.67. The van der Waals surface area contributed by atoms with Crippen LogP contribution in [0.25, 0.3) is 0 Å². The van der Waals surface area contributed by atoms with Crippen LogP contribution in [0, 0.1) is 0 Å². The van der Waals surface area contributed by atoms with E-state index in [9.17, 15) is 0 Å². The zero-order chi connectivity index (χ0) is 7.11. The summed E-state index contributed by atoms with van der Waals surface area (Å²) in [5.41, 5.74) is 5.08. The number of hydrogen-bond acceptors (Lipinski definition) is 2. The number of nitrogens with two attached hydrogens (primary N) is 1. The van der Waals surface area contributed by atoms with Crippen molar-refractivity contribution >= 4 is 0 Å². The smallest absolute Gasteiger partial charge is 0.113 e. The fourth-order valence-corrected chi connectivity index (χ4v) is 0.389. The van der Waals surface area contributed by atoms with Crippen molar-refractivity contribution in [3.05, 3.63) is 24.6 Å². The molecule has 0 aliphatic heterocycles. The Kier molecular flexibility index (Phi) is 4.69. The molecule has 0 aliphatic rings. The average molecular weight is 127 g/mol. The molecule has 0 amide bonds. The quantitative estimate of drug-likeness (QED) is 0.457. The maximum absolute atomic E-state index is 5.08. The first-order valence-electron chi connectivity index (χ1n) is 3.01. The van der Waals surface area contributed by atoms with E-state index in [-0.39, 0.29) is 0 Å². The summed E-state index contributed by atoms with van der Waals surface area (Å²) in [4.78, 5) is 0. The molecule has 0 unspecified atom stereocenters. The summed E-state index contributed by atoms with van der Waals surface area (Å²) in [5.74, 6) is 0.624. The highest BCUT2D eigenvalue weighted by Crippen LogP contribution is 1.94. The van der Waals surface area contributed by atoms with Crippen LogP contribution in [0.4, 0.5) is 0 Å². The summed E-state index contributed by atoms with van der Waals surface area (Å²) in [5, 5.41) is 0. The number of rotatable bonds is 4. The lowest BCUT2D eigenvalue weighted by Crippen LogP contribution is -1.90. The van der Waals surface area contributed by atoms with Gasteiger partial charge in [-0.1, -0.05) is 13.5 Å². The highest BCUT2D eigenvalue weighted by Gasteiger charge is 1.83. The number of hydrogen-bond donors (Lipinski definition) is 1. The lowest BCUT2D eigenvalue weighted by atomic mass is 10.5. The maximum atomic E-state index is 5.08. The van der Waals surface area contributed by atoms with Crippen LogP contribution in [0.5, 0.6) is 0 Å². The molecular weight excluding hydrogens is 114 g/mol. The molecule has 52 valence electrons. The van der Waals surface area contributed by atoms with Gasteiger partial charge in [0.2, 0.25) is 0 Å². The molecule has 0 bridgehead atoms. The molecule has 0 heterocycles. The van der Waals surface area contributed by atoms with Gasteiger partial charge < -0.3 is 10.5 Å². The molecule has 0 aromatic carbocycles. The molecule has 0 aromatic heterocycles. The number of allylic oxidation sites excluding steroid dienone is 1. The molecule has 0 saturated carbocycles. The molecule has 0 radical (unpaired) electrons. The normalized spacial score (nSPS) is 9.89. The van der Waals surface area contributed by atoms with E-state index in [1.165, 1.54) is 6.20 Å². The van der Waals surface area contributed by atoms with Crippen molar-refractivity contribution in [2.45, 2.75) is 13.3 Å². The standard InChI is InChI=1S/C7H13NO/c1-3-6-9-7(2)4-5-8/h4-5H,2-3,6,8H2,1H3/b5-4+. The Balaban J connectivity index is 3.27. The SMILES string of the molecule is C=C(/C=C/N)OCCC. The average Bonchev–Trinajstić information content (AvgIpc) is 1.85. The summed E-state index contributed by atoms with van der Waals surface area (Å²) < 4.78 is 5.07. The van der Waals surface area contributed by atoms with Crippen LogP contribution in [0.2, 0.25) is 0 Å². The second-order valence-electron chi connectivity index (χ2n) is 1.67. The van der Waals surface area contributed by atoms with Gasteiger partial charge in [0.25, 0.3) is 0 Å². The van der Waals surface area contributed by atoms with Crippen LogP contribution in [0.3, 0.4) is 0 Å². The minimum absolute atomic E-state index is 0.624. The van der Waals surface area contributed by atoms with Crippen LogP contribution >= 0.6 is 0 Å². The van der Waals surface area contributed by atoms with Gasteiger partial charge in [0.15, 0.2) is 0 Å². The van der Waals surface area contributed by atoms with Gasteiger partial charge >= 0.3 is 0 Å². The van der Waals surface area contributed by atoms with Gasteiger partial charge in [-0.05, 0) is 18.7 Å². The van der Waals surface area contributed by atoms with Crippen molar-refractivity contribution in [1.82, 2.24) is 0 Å². The van der Waals surface area contributed by atoms with Gasteiger partial charge in [0.1, 0.15) is 5.76 Å². The molecule has 0 fully saturated rings. The Labute approximate surface area is 56.0 Å². The van der Waals surface area contributed by atoms with Gasteiger partial charge in [-0.3, -0.25) is 0 Å². The van der Waals surface area contributed by atoms with Crippen LogP contribution in [0.1, 0.15) is 13.3 Å². The Hall–Kier alpha value is -0.920. The summed E-state index contributed by atoms with van der Waals surface area (Å²) >= 11 is 0. The van der Waals surface area contributed by atoms with E-state index in [2.05, 4.69) is 6.58 Å². The van der Waals surface area contributed by atoms with E-state index >= 15 is 0 Å². The van der Waals surface area contributed by atoms with Gasteiger partial charge in [0, 0.05) is 0 Å². The molecular formula is C7H13NO. The maximum Gasteiger partial charge on any atom is 0.113 e. The zero-order valence-electron chi connectivity index (χ0n) is 5.76. The van der Waals surface area contributed by atoms with Crippen molar-refractivity contribution in [1.29, 1.82) is 0 Å². The van der Waals surface area contributed by atoms with Crippen molar-refractivity contribution in [2.75, 3.05) is 6.61 Å². The molecule has 0 atom stereocenters. The molecule has 2 N–H and O–H groups in total. The van der Waals surface area contributed by atoms with E-state index in [4.69, 9.17) is 10.5 Å². The van der Waals surface area contributed by atoms with Gasteiger partial charge in [-0.15, -0.1) is 0 Å². The first-order chi connectivity index (χ1) is 4.31. The van der Waals surface area contributed by atoms with Crippen LogP contribution in [-0.2, 0) is 4.74 Å². The van der Waals surface area contributed by atoms with E-state index in [0.717, 1.165) is 6.42 Å². The molecule has 0 aromatic rings. The highest BCUT2D eigenvalue weighted by molar-refractivity contribution is 5.04. The Morgan fingerprint density at radius 3 is 2.89 bits per heavy atom. The third kappa shape index (κ3) is 4.94. The monoisotopic (exact) mass is 127 g/mol. The Morgan fingerprint density at radius 2 is 2.44 bits per heavy atom. The topological polar surface area (TPSA) is 35.2 Å². The largest absolute Gasteiger partial charge is 0.494 e. The minimum Gasteiger partial charge on any atom is -0.494 e. The van der Waals surface area contributed by atoms with E-state index < -0.39 is 0 Å². The van der Waals surface area contributed by atoms with E-state index in [0.29, 0.717) is 12.4 Å². The predicted molar refractivity (Wildman–Crippen MR) is 38.7 cm³/mol. The summed E-state index contributed by atoms with van der Waals surface area (Å²) in [6, 6.07) is 0. The third-order valence-corrected chi connectivity index (χ3v) is 0.774. The Bertz CT molecular complexity index is 107. The van der Waals surface area contributed by atoms with Gasteiger partial charge in [0.05, 0.1) is 6.61 Å². The summed E-state index contributed by atoms with van der Waals surface area (Å²) in [7, 11) is 0. The minimum atomic E-state index is 0.624. The fraction of sp³-hybridized carbons (Fsp3) is 0.429. The van der Waals surface area contributed by atoms with Crippen molar-refractivity contribution in [3.8, 4) is 0 Å². The first kappa shape index (κ1) is 8.08. The predicted octanol–water partition coefficient (Wildman–Crippen LogP) is 1.40. The third-order valence-electron chi connectivity index (χ3n) is 0.774. The second kappa shape index (κ2) is 5.22. The summed E-state index contributed by atoms with van der Waals surface area (Å²) in [6.45, 7) is 6.35. The van der Waals surface area contributed by atoms with Crippen LogP contribution in [-0.4, -0.2) is 6.61 Å². The molecule has 9 heavy (non-hydrogen) atoms. The molecule has 2 heteroatoms. The number of ether oxygens (including phenoxy) is 1. The van der Waals surface area contributed by atoms with E-state index in [1.54, 1.807) is 6.08 Å². The molecule has 0 rings (SSSR count). The van der Waals surface area contributed by atoms with Crippen molar-refractivity contribution in [3.63, 3.8) is 0 Å². The van der Waals surface area contributed by atoms with Gasteiger partial charge in [-0.25, -0.2) is 0 Å². The fourth-order valence-electron chi connectivity index (χ4n) is 0.389. The summed E-state index contributed by atoms with van der Waals surface area (Å²) in [6.07, 6.45) is 4.05. The Morgan fingerprint density at radius 1 is 1.78 bits per heavy atom. The highest BCUT2D eigenvalue weighted by atomic mass is 16.5. The van der Waals surface area contributed by atoms with Crippen molar-refractivity contribution in [2.24, 2.45) is 5.73 Å². The van der Waals surface area contributed by atoms with Crippen LogP contribution < -0.4 is 5.73 Å². The lowest BCUT2D eigenvalue weighted by Gasteiger charge is -2.00. The molecule has 2 nitrogen and oxygen atoms in total.